The molecule has 0 N–H and O–H groups in total. The van der Waals surface area contributed by atoms with Gasteiger partial charge >= 0.3 is 0 Å². The maximum absolute atomic E-state index is 14.4. The number of nitrogens with zero attached hydrogens (tertiary/aromatic N) is 2. The Kier molecular flexibility index (Phi) is 4.99. The average Bonchev–Trinajstić information content (AvgIpc) is 3.02. The van der Waals surface area contributed by atoms with Crippen LogP contribution in [0.15, 0.2) is 18.2 Å². The number of carbonyl (C=O) groups excluding carboxylic acids is 2. The summed E-state index contributed by atoms with van der Waals surface area (Å²) in [4.78, 5) is 30.7. The third-order valence-electron chi connectivity index (χ3n) is 4.70. The molecular formula is C17H19F3N2O3. The van der Waals surface area contributed by atoms with Gasteiger partial charge in [-0.1, -0.05) is 0 Å². The van der Waals surface area contributed by atoms with Gasteiger partial charge in [0, 0.05) is 26.0 Å². The topological polar surface area (TPSA) is 49.9 Å². The lowest BCUT2D eigenvalue weighted by Gasteiger charge is -2.35. The number of hydroxylamine groups is 2. The molecule has 2 heterocycles. The molecule has 2 amide bonds. The number of rotatable bonds is 2. The van der Waals surface area contributed by atoms with Crippen molar-refractivity contribution in [3.05, 3.63) is 35.4 Å². The number of hydrogen-bond donors (Lipinski definition) is 0. The van der Waals surface area contributed by atoms with E-state index < -0.39 is 35.7 Å². The third-order valence-corrected chi connectivity index (χ3v) is 4.70. The largest absolute Gasteiger partial charge is 0.340 e. The molecule has 136 valence electrons. The van der Waals surface area contributed by atoms with Crippen LogP contribution in [-0.2, 0) is 14.4 Å². The summed E-state index contributed by atoms with van der Waals surface area (Å²) in [6.07, 6.45) is -0.944. The Labute approximate surface area is 143 Å². The fraction of sp³-hybridized carbons (Fsp3) is 0.529. The molecule has 1 aromatic rings. The first-order valence-corrected chi connectivity index (χ1v) is 8.18. The van der Waals surface area contributed by atoms with Crippen LogP contribution in [-0.4, -0.2) is 47.6 Å². The van der Waals surface area contributed by atoms with Crippen molar-refractivity contribution in [1.82, 2.24) is 9.96 Å². The zero-order chi connectivity index (χ0) is 18.1. The van der Waals surface area contributed by atoms with E-state index in [9.17, 15) is 22.8 Å². The molecule has 0 spiro atoms. The molecule has 0 aliphatic carbocycles. The Hall–Kier alpha value is -2.09. The standard InChI is InChI=1S/C17H19F3N2O3/c1-10(23)21-4-2-14(15(20)9-21)17(24)22-16(3-5-25-22)11-6-12(18)8-13(19)7-11/h6-8,14-16H,2-5,9H2,1H3/t14-,15+,16+/m0/s1. The third kappa shape index (κ3) is 3.63. The summed E-state index contributed by atoms with van der Waals surface area (Å²) in [5, 5.41) is 1.04. The molecule has 0 saturated carbocycles. The zero-order valence-electron chi connectivity index (χ0n) is 13.8. The van der Waals surface area contributed by atoms with Crippen LogP contribution in [0, 0.1) is 17.6 Å². The zero-order valence-corrected chi connectivity index (χ0v) is 13.8. The summed E-state index contributed by atoms with van der Waals surface area (Å²) in [5.74, 6) is -3.21. The van der Waals surface area contributed by atoms with Crippen LogP contribution >= 0.6 is 0 Å². The predicted molar refractivity (Wildman–Crippen MR) is 81.8 cm³/mol. The molecule has 2 aliphatic rings. The van der Waals surface area contributed by atoms with Gasteiger partial charge in [-0.25, -0.2) is 18.2 Å². The minimum atomic E-state index is -1.50. The minimum Gasteiger partial charge on any atom is -0.340 e. The van der Waals surface area contributed by atoms with Crippen LogP contribution in [0.4, 0.5) is 13.2 Å². The van der Waals surface area contributed by atoms with E-state index >= 15 is 0 Å². The fourth-order valence-electron chi connectivity index (χ4n) is 3.39. The van der Waals surface area contributed by atoms with E-state index in [0.717, 1.165) is 23.3 Å². The normalized spacial score (nSPS) is 26.8. The van der Waals surface area contributed by atoms with Gasteiger partial charge in [-0.2, -0.15) is 0 Å². The maximum Gasteiger partial charge on any atom is 0.252 e. The first-order valence-electron chi connectivity index (χ1n) is 8.18. The maximum atomic E-state index is 14.4. The average molecular weight is 356 g/mol. The molecule has 0 unspecified atom stereocenters. The molecule has 1 aromatic carbocycles. The molecule has 2 aliphatic heterocycles. The summed E-state index contributed by atoms with van der Waals surface area (Å²) in [7, 11) is 0. The Bertz CT molecular complexity index is 665. The highest BCUT2D eigenvalue weighted by atomic mass is 19.1. The molecule has 2 fully saturated rings. The molecule has 3 atom stereocenters. The quantitative estimate of drug-likeness (QED) is 0.818. The number of hydrogen-bond acceptors (Lipinski definition) is 3. The van der Waals surface area contributed by atoms with Gasteiger partial charge in [-0.3, -0.25) is 14.4 Å². The smallest absolute Gasteiger partial charge is 0.252 e. The van der Waals surface area contributed by atoms with Crippen molar-refractivity contribution < 1.29 is 27.6 Å². The van der Waals surface area contributed by atoms with E-state index in [1.165, 1.54) is 11.8 Å². The van der Waals surface area contributed by atoms with Crippen molar-refractivity contribution >= 4 is 11.8 Å². The monoisotopic (exact) mass is 356 g/mol. The number of carbonyl (C=O) groups is 2. The molecule has 25 heavy (non-hydrogen) atoms. The second-order valence-corrected chi connectivity index (χ2v) is 6.38. The first kappa shape index (κ1) is 17.7. The Morgan fingerprint density at radius 3 is 2.44 bits per heavy atom. The summed E-state index contributed by atoms with van der Waals surface area (Å²) >= 11 is 0. The molecule has 5 nitrogen and oxygen atoms in total. The van der Waals surface area contributed by atoms with Crippen molar-refractivity contribution in [2.75, 3.05) is 19.7 Å². The van der Waals surface area contributed by atoms with E-state index in [2.05, 4.69) is 0 Å². The van der Waals surface area contributed by atoms with Crippen LogP contribution in [0.3, 0.4) is 0 Å². The van der Waals surface area contributed by atoms with Crippen molar-refractivity contribution in [2.45, 2.75) is 32.0 Å². The molecule has 0 bridgehead atoms. The van der Waals surface area contributed by atoms with Crippen molar-refractivity contribution in [3.8, 4) is 0 Å². The lowest BCUT2D eigenvalue weighted by atomic mass is 9.93. The molecular weight excluding hydrogens is 337 g/mol. The number of amides is 2. The SMILES string of the molecule is CC(=O)N1CC[C@H](C(=O)N2OCC[C@@H]2c2cc(F)cc(F)c2)[C@H](F)C1. The van der Waals surface area contributed by atoms with Crippen LogP contribution in [0.1, 0.15) is 31.4 Å². The number of alkyl halides is 1. The lowest BCUT2D eigenvalue weighted by Crippen LogP contribution is -2.49. The van der Waals surface area contributed by atoms with Gasteiger partial charge < -0.3 is 4.90 Å². The highest BCUT2D eigenvalue weighted by Gasteiger charge is 2.42. The fourth-order valence-corrected chi connectivity index (χ4v) is 3.39. The van der Waals surface area contributed by atoms with Crippen molar-refractivity contribution in [2.24, 2.45) is 5.92 Å². The summed E-state index contributed by atoms with van der Waals surface area (Å²) < 4.78 is 41.3. The summed E-state index contributed by atoms with van der Waals surface area (Å²) in [6, 6.07) is 2.39. The van der Waals surface area contributed by atoms with E-state index in [1.54, 1.807) is 0 Å². The lowest BCUT2D eigenvalue weighted by molar-refractivity contribution is -0.186. The highest BCUT2D eigenvalue weighted by molar-refractivity contribution is 5.80. The van der Waals surface area contributed by atoms with Gasteiger partial charge in [-0.05, 0) is 24.1 Å². The molecule has 8 heteroatoms. The van der Waals surface area contributed by atoms with E-state index in [-0.39, 0.29) is 31.0 Å². The van der Waals surface area contributed by atoms with Gasteiger partial charge in [0.2, 0.25) is 5.91 Å². The van der Waals surface area contributed by atoms with Gasteiger partial charge in [0.05, 0.1) is 25.1 Å². The molecule has 3 rings (SSSR count). The van der Waals surface area contributed by atoms with E-state index in [4.69, 9.17) is 4.84 Å². The van der Waals surface area contributed by atoms with Crippen LogP contribution < -0.4 is 0 Å². The van der Waals surface area contributed by atoms with Gasteiger partial charge in [0.25, 0.3) is 5.91 Å². The number of benzene rings is 1. The van der Waals surface area contributed by atoms with Crippen LogP contribution in [0.5, 0.6) is 0 Å². The number of piperidine rings is 1. The molecule has 0 radical (unpaired) electrons. The van der Waals surface area contributed by atoms with Gasteiger partial charge in [-0.15, -0.1) is 0 Å². The van der Waals surface area contributed by atoms with Gasteiger partial charge in [0.15, 0.2) is 0 Å². The first-order chi connectivity index (χ1) is 11.9. The second-order valence-electron chi connectivity index (χ2n) is 6.38. The van der Waals surface area contributed by atoms with Crippen LogP contribution in [0.25, 0.3) is 0 Å². The minimum absolute atomic E-state index is 0.140. The summed E-state index contributed by atoms with van der Waals surface area (Å²) in [5.41, 5.74) is 0.278. The highest BCUT2D eigenvalue weighted by Crippen LogP contribution is 2.34. The Morgan fingerprint density at radius 1 is 1.16 bits per heavy atom. The van der Waals surface area contributed by atoms with Crippen LogP contribution in [0.2, 0.25) is 0 Å². The van der Waals surface area contributed by atoms with Crippen molar-refractivity contribution in [1.29, 1.82) is 0 Å². The predicted octanol–water partition coefficient (Wildman–Crippen LogP) is 2.38. The van der Waals surface area contributed by atoms with Crippen molar-refractivity contribution in [3.63, 3.8) is 0 Å². The summed E-state index contributed by atoms with van der Waals surface area (Å²) in [6.45, 7) is 1.71. The second kappa shape index (κ2) is 7.03. The Morgan fingerprint density at radius 2 is 1.84 bits per heavy atom. The van der Waals surface area contributed by atoms with E-state index in [0.29, 0.717) is 13.0 Å². The molecule has 0 aromatic heterocycles. The number of likely N-dealkylation sites (tertiary alicyclic amines) is 1. The van der Waals surface area contributed by atoms with Gasteiger partial charge in [0.1, 0.15) is 17.8 Å². The Balaban J connectivity index is 1.76. The molecule has 2 saturated heterocycles. The number of halogens is 3. The van der Waals surface area contributed by atoms with E-state index in [1.807, 2.05) is 0 Å².